The number of carbonyl (C=O) groups excluding carboxylic acids is 1. The molecule has 0 spiro atoms. The number of aromatic amines is 1. The number of nitrogens with one attached hydrogen (secondary N) is 2. The van der Waals surface area contributed by atoms with E-state index in [1.165, 1.54) is 0 Å². The average Bonchev–Trinajstić information content (AvgIpc) is 3.35. The lowest BCUT2D eigenvalue weighted by Gasteiger charge is -2.08. The van der Waals surface area contributed by atoms with Crippen molar-refractivity contribution in [2.45, 2.75) is 26.3 Å². The van der Waals surface area contributed by atoms with Crippen molar-refractivity contribution in [2.24, 2.45) is 0 Å². The number of fused-ring (bicyclic) bond motifs is 1. The molecule has 2 aromatic carbocycles. The number of H-pyrrole nitrogens is 1. The second-order valence-corrected chi connectivity index (χ2v) is 7.06. The summed E-state index contributed by atoms with van der Waals surface area (Å²) in [6, 6.07) is 12.9. The number of aryl methyl sites for hydroxylation is 1. The van der Waals surface area contributed by atoms with E-state index < -0.39 is 0 Å². The first-order chi connectivity index (χ1) is 14.6. The van der Waals surface area contributed by atoms with Crippen LogP contribution in [0.2, 0.25) is 0 Å². The van der Waals surface area contributed by atoms with Crippen LogP contribution in [0.15, 0.2) is 46.9 Å². The monoisotopic (exact) mass is 423 g/mol. The fourth-order valence-corrected chi connectivity index (χ4v) is 3.35. The van der Waals surface area contributed by atoms with Gasteiger partial charge in [-0.05, 0) is 54.7 Å². The van der Waals surface area contributed by atoms with Crippen LogP contribution in [-0.2, 0) is 17.8 Å². The number of nitrogens with zero attached hydrogens (tertiary/aromatic N) is 3. The largest absolute Gasteiger partial charge is 0.497 e. The van der Waals surface area contributed by atoms with Gasteiger partial charge in [0.1, 0.15) is 11.3 Å². The zero-order chi connectivity index (χ0) is 21.1. The normalized spacial score (nSPS) is 11.0. The van der Waals surface area contributed by atoms with Gasteiger partial charge in [-0.1, -0.05) is 6.92 Å². The maximum atomic E-state index is 12.5. The number of methoxy groups -OCH3 is 1. The zero-order valence-corrected chi connectivity index (χ0v) is 17.5. The van der Waals surface area contributed by atoms with Crippen molar-refractivity contribution in [3.63, 3.8) is 0 Å². The molecule has 1 amide bonds. The Balaban J connectivity index is 1.45. The van der Waals surface area contributed by atoms with Gasteiger partial charge in [-0.15, -0.1) is 0 Å². The lowest BCUT2D eigenvalue weighted by Crippen LogP contribution is -2.15. The molecule has 0 aliphatic heterocycles. The van der Waals surface area contributed by atoms with E-state index in [1.54, 1.807) is 13.2 Å². The molecule has 9 heteroatoms. The van der Waals surface area contributed by atoms with Gasteiger partial charge < -0.3 is 14.5 Å². The molecule has 0 saturated heterocycles. The van der Waals surface area contributed by atoms with Gasteiger partial charge in [-0.3, -0.25) is 14.5 Å². The predicted octanol–water partition coefficient (Wildman–Crippen LogP) is 4.35. The molecule has 0 aliphatic carbocycles. The van der Waals surface area contributed by atoms with E-state index in [4.69, 9.17) is 21.4 Å². The maximum Gasteiger partial charge on any atom is 0.226 e. The Bertz CT molecular complexity index is 1240. The van der Waals surface area contributed by atoms with E-state index in [1.807, 2.05) is 47.9 Å². The average molecular weight is 423 g/mol. The van der Waals surface area contributed by atoms with Gasteiger partial charge >= 0.3 is 0 Å². The minimum absolute atomic E-state index is 0.127. The van der Waals surface area contributed by atoms with Crippen LogP contribution in [0, 0.1) is 4.77 Å². The van der Waals surface area contributed by atoms with Gasteiger partial charge in [0.15, 0.2) is 22.1 Å². The van der Waals surface area contributed by atoms with Crippen LogP contribution in [0.5, 0.6) is 5.75 Å². The molecule has 2 aromatic heterocycles. The molecule has 0 fully saturated rings. The van der Waals surface area contributed by atoms with Gasteiger partial charge in [0.05, 0.1) is 7.11 Å². The molecule has 0 atom stereocenters. The number of amides is 1. The highest BCUT2D eigenvalue weighted by Crippen LogP contribution is 2.22. The van der Waals surface area contributed by atoms with Crippen LogP contribution in [-0.4, -0.2) is 32.8 Å². The molecule has 0 aliphatic rings. The smallest absolute Gasteiger partial charge is 0.226 e. The molecule has 8 nitrogen and oxygen atoms in total. The third-order valence-corrected chi connectivity index (χ3v) is 5.00. The number of oxazole rings is 1. The van der Waals surface area contributed by atoms with Gasteiger partial charge in [-0.25, -0.2) is 4.98 Å². The standard InChI is InChI=1S/C21H21N5O3S/c1-3-19-23-16-12-14(6-9-17(16)29-19)22-18(27)10-11-26-20(24-25-21(26)30)13-4-7-15(28-2)8-5-13/h4-9,12H,3,10-11H2,1-2H3,(H,22,27)(H,25,30). The quantitative estimate of drug-likeness (QED) is 0.429. The third-order valence-electron chi connectivity index (χ3n) is 4.69. The number of benzene rings is 2. The molecule has 0 unspecified atom stereocenters. The molecule has 0 bridgehead atoms. The Morgan fingerprint density at radius 2 is 2.07 bits per heavy atom. The number of anilines is 1. The van der Waals surface area contributed by atoms with Crippen molar-refractivity contribution < 1.29 is 13.9 Å². The number of carbonyl (C=O) groups is 1. The third kappa shape index (κ3) is 4.11. The van der Waals surface area contributed by atoms with E-state index in [2.05, 4.69) is 20.5 Å². The van der Waals surface area contributed by atoms with Crippen molar-refractivity contribution in [3.8, 4) is 17.1 Å². The van der Waals surface area contributed by atoms with Crippen molar-refractivity contribution in [1.82, 2.24) is 19.7 Å². The summed E-state index contributed by atoms with van der Waals surface area (Å²) in [6.07, 6.45) is 0.965. The Labute approximate surface area is 177 Å². The summed E-state index contributed by atoms with van der Waals surface area (Å²) in [7, 11) is 1.62. The second kappa shape index (κ2) is 8.50. The highest BCUT2D eigenvalue weighted by Gasteiger charge is 2.12. The number of aromatic nitrogens is 4. The summed E-state index contributed by atoms with van der Waals surface area (Å²) in [5.74, 6) is 1.98. The lowest BCUT2D eigenvalue weighted by molar-refractivity contribution is -0.116. The molecular weight excluding hydrogens is 402 g/mol. The van der Waals surface area contributed by atoms with Crippen molar-refractivity contribution in [1.29, 1.82) is 0 Å². The minimum atomic E-state index is -0.127. The van der Waals surface area contributed by atoms with Gasteiger partial charge in [-0.2, -0.15) is 5.10 Å². The fraction of sp³-hybridized carbons (Fsp3) is 0.238. The maximum absolute atomic E-state index is 12.5. The zero-order valence-electron chi connectivity index (χ0n) is 16.6. The van der Waals surface area contributed by atoms with Crippen LogP contribution < -0.4 is 10.1 Å². The highest BCUT2D eigenvalue weighted by atomic mass is 32.1. The van der Waals surface area contributed by atoms with Crippen LogP contribution in [0.25, 0.3) is 22.5 Å². The van der Waals surface area contributed by atoms with Gasteiger partial charge in [0, 0.05) is 30.6 Å². The SMILES string of the molecule is CCc1nc2cc(NC(=O)CCn3c(-c4ccc(OC)cc4)n[nH]c3=S)ccc2o1. The predicted molar refractivity (Wildman–Crippen MR) is 116 cm³/mol. The second-order valence-electron chi connectivity index (χ2n) is 6.67. The summed E-state index contributed by atoms with van der Waals surface area (Å²) in [6.45, 7) is 2.38. The molecule has 0 saturated carbocycles. The first-order valence-electron chi connectivity index (χ1n) is 9.56. The Morgan fingerprint density at radius 1 is 1.27 bits per heavy atom. The first kappa shape index (κ1) is 19.8. The molecule has 30 heavy (non-hydrogen) atoms. The van der Waals surface area contributed by atoms with Gasteiger partial charge in [0.25, 0.3) is 0 Å². The van der Waals surface area contributed by atoms with Crippen LogP contribution in [0.4, 0.5) is 5.69 Å². The fourth-order valence-electron chi connectivity index (χ4n) is 3.13. The first-order valence-corrected chi connectivity index (χ1v) is 9.97. The summed E-state index contributed by atoms with van der Waals surface area (Å²) < 4.78 is 13.1. The number of hydrogen-bond acceptors (Lipinski definition) is 6. The topological polar surface area (TPSA) is 98.0 Å². The molecule has 154 valence electrons. The molecule has 0 radical (unpaired) electrons. The lowest BCUT2D eigenvalue weighted by atomic mass is 10.2. The van der Waals surface area contributed by atoms with Crippen molar-refractivity contribution in [3.05, 3.63) is 53.1 Å². The number of hydrogen-bond donors (Lipinski definition) is 2. The van der Waals surface area contributed by atoms with E-state index in [0.717, 1.165) is 23.3 Å². The Hall–Kier alpha value is -3.46. The van der Waals surface area contributed by atoms with Crippen LogP contribution in [0.1, 0.15) is 19.2 Å². The van der Waals surface area contributed by atoms with E-state index in [-0.39, 0.29) is 12.3 Å². The molecule has 2 N–H and O–H groups in total. The number of rotatable bonds is 7. The molecular formula is C21H21N5O3S. The minimum Gasteiger partial charge on any atom is -0.497 e. The van der Waals surface area contributed by atoms with Crippen LogP contribution in [0.3, 0.4) is 0 Å². The Morgan fingerprint density at radius 3 is 2.80 bits per heavy atom. The van der Waals surface area contributed by atoms with E-state index >= 15 is 0 Å². The summed E-state index contributed by atoms with van der Waals surface area (Å²) >= 11 is 5.34. The number of ether oxygens (including phenoxy) is 1. The van der Waals surface area contributed by atoms with Crippen molar-refractivity contribution >= 4 is 34.9 Å². The molecule has 4 aromatic rings. The summed E-state index contributed by atoms with van der Waals surface area (Å²) in [4.78, 5) is 16.9. The van der Waals surface area contributed by atoms with E-state index in [0.29, 0.717) is 34.3 Å². The summed E-state index contributed by atoms with van der Waals surface area (Å²) in [5, 5.41) is 10.0. The Kier molecular flexibility index (Phi) is 5.62. The van der Waals surface area contributed by atoms with Crippen molar-refractivity contribution in [2.75, 3.05) is 12.4 Å². The summed E-state index contributed by atoms with van der Waals surface area (Å²) in [5.41, 5.74) is 2.99. The molecule has 2 heterocycles. The van der Waals surface area contributed by atoms with E-state index in [9.17, 15) is 4.79 Å². The highest BCUT2D eigenvalue weighted by molar-refractivity contribution is 7.71. The van der Waals surface area contributed by atoms with Crippen LogP contribution >= 0.6 is 12.2 Å². The van der Waals surface area contributed by atoms with Gasteiger partial charge in [0.2, 0.25) is 5.91 Å². The molecule has 4 rings (SSSR count).